The van der Waals surface area contributed by atoms with Crippen molar-refractivity contribution in [3.05, 3.63) is 24.3 Å². The molecule has 0 unspecified atom stereocenters. The van der Waals surface area contributed by atoms with Gasteiger partial charge in [-0.1, -0.05) is 6.58 Å². The number of aliphatic hydroxyl groups excluding tert-OH is 4. The molecule has 0 amide bonds. The van der Waals surface area contributed by atoms with Crippen LogP contribution in [-0.2, 0) is 19.1 Å². The van der Waals surface area contributed by atoms with Crippen LogP contribution in [-0.4, -0.2) is 69.9 Å². The quantitative estimate of drug-likeness (QED) is 0.224. The predicted octanol–water partition coefficient (Wildman–Crippen LogP) is -1.78. The van der Waals surface area contributed by atoms with Crippen LogP contribution in [0.25, 0.3) is 0 Å². The van der Waals surface area contributed by atoms with Gasteiger partial charge in [-0.3, -0.25) is 0 Å². The molecule has 9 nitrogen and oxygen atoms in total. The van der Waals surface area contributed by atoms with Crippen molar-refractivity contribution in [2.45, 2.75) is 6.92 Å². The minimum Gasteiger partial charge on any atom is -0.478 e. The van der Waals surface area contributed by atoms with Crippen molar-refractivity contribution in [2.75, 3.05) is 26.4 Å². The first-order valence-electron chi connectivity index (χ1n) is 5.94. The Morgan fingerprint density at radius 3 is 1.36 bits per heavy atom. The molecule has 0 aromatic carbocycles. The summed E-state index contributed by atoms with van der Waals surface area (Å²) in [7, 11) is 0. The Morgan fingerprint density at radius 1 is 1.05 bits per heavy atom. The summed E-state index contributed by atoms with van der Waals surface area (Å²) < 4.78 is 3.97. The number of carbonyl (C=O) groups is 3. The van der Waals surface area contributed by atoms with Crippen LogP contribution in [0.1, 0.15) is 6.92 Å². The van der Waals surface area contributed by atoms with Gasteiger partial charge in [-0.25, -0.2) is 14.4 Å². The van der Waals surface area contributed by atoms with E-state index in [1.165, 1.54) is 6.92 Å². The van der Waals surface area contributed by atoms with Crippen LogP contribution >= 0.6 is 0 Å². The lowest BCUT2D eigenvalue weighted by Crippen LogP contribution is -2.37. The van der Waals surface area contributed by atoms with E-state index < -0.39 is 49.8 Å². The molecular formula is C13H20O9. The smallest absolute Gasteiger partial charge is 0.338 e. The van der Waals surface area contributed by atoms with Crippen molar-refractivity contribution in [1.29, 1.82) is 0 Å². The van der Waals surface area contributed by atoms with Crippen molar-refractivity contribution in [1.82, 2.24) is 0 Å². The van der Waals surface area contributed by atoms with Gasteiger partial charge in [0.15, 0.2) is 0 Å². The van der Waals surface area contributed by atoms with E-state index >= 15 is 0 Å². The molecule has 0 saturated carbocycles. The van der Waals surface area contributed by atoms with Gasteiger partial charge in [0.25, 0.3) is 0 Å². The second kappa shape index (κ2) is 11.6. The van der Waals surface area contributed by atoms with Gasteiger partial charge in [-0.05, 0) is 6.92 Å². The number of ether oxygens (including phenoxy) is 1. The van der Waals surface area contributed by atoms with Crippen molar-refractivity contribution >= 4 is 17.9 Å². The average molecular weight is 320 g/mol. The molecule has 0 aromatic rings. The number of hydrogen-bond acceptors (Lipinski definition) is 8. The summed E-state index contributed by atoms with van der Waals surface area (Å²) in [5, 5.41) is 41.9. The first kappa shape index (κ1) is 22.2. The predicted molar refractivity (Wildman–Crippen MR) is 73.5 cm³/mol. The van der Waals surface area contributed by atoms with E-state index in [4.69, 9.17) is 25.5 Å². The monoisotopic (exact) mass is 320 g/mol. The number of aliphatic hydroxyl groups is 4. The SMILES string of the molecule is C=C(C)C(=O)O.O=C1C=CC(=O)O1.OCC(CO)(CO)CO. The lowest BCUT2D eigenvalue weighted by Gasteiger charge is -2.23. The molecule has 0 bridgehead atoms. The Bertz CT molecular complexity index is 376. The van der Waals surface area contributed by atoms with E-state index in [2.05, 4.69) is 11.3 Å². The fourth-order valence-electron chi connectivity index (χ4n) is 0.603. The standard InChI is InChI=1S/C5H12O4.C4H2O3.C4H6O2/c6-1-5(2-7,3-8)4-9;5-3-1-2-4(6)7-3;1-3(2)4(5)6/h6-9H,1-4H2;1-2H;1H2,2H3,(H,5,6). The molecule has 0 aliphatic carbocycles. The first-order valence-corrected chi connectivity index (χ1v) is 5.94. The van der Waals surface area contributed by atoms with Crippen LogP contribution in [0.5, 0.6) is 0 Å². The number of carboxylic acid groups (broad SMARTS) is 1. The van der Waals surface area contributed by atoms with Gasteiger partial charge in [-0.2, -0.15) is 0 Å². The lowest BCUT2D eigenvalue weighted by molar-refractivity contribution is -0.150. The van der Waals surface area contributed by atoms with Crippen molar-refractivity contribution in [3.8, 4) is 0 Å². The molecule has 0 aromatic heterocycles. The summed E-state index contributed by atoms with van der Waals surface area (Å²) in [6.07, 6.45) is 2.17. The Hall–Kier alpha value is -2.07. The van der Waals surface area contributed by atoms with Crippen LogP contribution < -0.4 is 0 Å². The molecule has 0 atom stereocenters. The van der Waals surface area contributed by atoms with Gasteiger partial charge in [0.05, 0.1) is 31.8 Å². The van der Waals surface area contributed by atoms with Crippen LogP contribution in [0.2, 0.25) is 0 Å². The topological polar surface area (TPSA) is 162 Å². The number of aliphatic carboxylic acids is 1. The second-order valence-corrected chi connectivity index (χ2v) is 4.29. The number of carboxylic acids is 1. The third-order valence-electron chi connectivity index (χ3n) is 2.26. The molecule has 9 heteroatoms. The summed E-state index contributed by atoms with van der Waals surface area (Å²) in [6, 6.07) is 0. The molecule has 0 saturated heterocycles. The fourth-order valence-corrected chi connectivity index (χ4v) is 0.603. The maximum Gasteiger partial charge on any atom is 0.338 e. The van der Waals surface area contributed by atoms with Gasteiger partial charge in [-0.15, -0.1) is 0 Å². The number of rotatable bonds is 5. The van der Waals surface area contributed by atoms with Crippen LogP contribution in [0.3, 0.4) is 0 Å². The maximum absolute atomic E-state index is 9.92. The highest BCUT2D eigenvalue weighted by Gasteiger charge is 2.26. The molecular weight excluding hydrogens is 300 g/mol. The molecule has 1 heterocycles. The Morgan fingerprint density at radius 2 is 1.32 bits per heavy atom. The molecule has 126 valence electrons. The molecule has 5 N–H and O–H groups in total. The third-order valence-corrected chi connectivity index (χ3v) is 2.26. The number of hydrogen-bond donors (Lipinski definition) is 5. The number of carbonyl (C=O) groups excluding carboxylic acids is 2. The summed E-state index contributed by atoms with van der Waals surface area (Å²) in [5.74, 6) is -2.09. The highest BCUT2D eigenvalue weighted by molar-refractivity contribution is 6.04. The summed E-state index contributed by atoms with van der Waals surface area (Å²) in [4.78, 5) is 29.4. The normalized spacial score (nSPS) is 12.6. The number of esters is 2. The third kappa shape index (κ3) is 9.77. The van der Waals surface area contributed by atoms with Crippen LogP contribution in [0, 0.1) is 5.41 Å². The molecule has 0 radical (unpaired) electrons. The highest BCUT2D eigenvalue weighted by Crippen LogP contribution is 2.11. The molecule has 1 aliphatic heterocycles. The second-order valence-electron chi connectivity index (χ2n) is 4.29. The van der Waals surface area contributed by atoms with E-state index in [-0.39, 0.29) is 5.57 Å². The van der Waals surface area contributed by atoms with E-state index in [1.54, 1.807) is 0 Å². The van der Waals surface area contributed by atoms with Crippen LogP contribution in [0.4, 0.5) is 0 Å². The van der Waals surface area contributed by atoms with Gasteiger partial charge in [0.1, 0.15) is 0 Å². The zero-order valence-corrected chi connectivity index (χ0v) is 12.1. The Kier molecular flexibility index (Phi) is 11.7. The van der Waals surface area contributed by atoms with E-state index in [9.17, 15) is 14.4 Å². The molecule has 1 rings (SSSR count). The Balaban J connectivity index is 0. The largest absolute Gasteiger partial charge is 0.478 e. The van der Waals surface area contributed by atoms with E-state index in [0.717, 1.165) is 12.2 Å². The van der Waals surface area contributed by atoms with E-state index in [0.29, 0.717) is 0 Å². The zero-order chi connectivity index (χ0) is 17.8. The molecule has 22 heavy (non-hydrogen) atoms. The minimum atomic E-state index is -1.11. The van der Waals surface area contributed by atoms with Crippen molar-refractivity contribution < 1.29 is 44.7 Å². The number of cyclic esters (lactones) is 2. The van der Waals surface area contributed by atoms with Crippen molar-refractivity contribution in [3.63, 3.8) is 0 Å². The Labute approximate surface area is 126 Å². The minimum absolute atomic E-state index is 0.176. The van der Waals surface area contributed by atoms with E-state index in [1.807, 2.05) is 0 Å². The molecule has 0 fully saturated rings. The first-order chi connectivity index (χ1) is 10.2. The maximum atomic E-state index is 9.92. The average Bonchev–Trinajstić information content (AvgIpc) is 2.87. The van der Waals surface area contributed by atoms with Gasteiger partial charge in [0, 0.05) is 17.7 Å². The summed E-state index contributed by atoms with van der Waals surface area (Å²) in [6.45, 7) is 2.98. The summed E-state index contributed by atoms with van der Waals surface area (Å²) >= 11 is 0. The zero-order valence-electron chi connectivity index (χ0n) is 12.1. The van der Waals surface area contributed by atoms with Gasteiger partial charge >= 0.3 is 17.9 Å². The van der Waals surface area contributed by atoms with Gasteiger partial charge in [0.2, 0.25) is 0 Å². The molecule has 0 spiro atoms. The fraction of sp³-hybridized carbons (Fsp3) is 0.462. The van der Waals surface area contributed by atoms with Crippen LogP contribution in [0.15, 0.2) is 24.3 Å². The van der Waals surface area contributed by atoms with Gasteiger partial charge < -0.3 is 30.3 Å². The molecule has 1 aliphatic rings. The lowest BCUT2D eigenvalue weighted by atomic mass is 9.93. The summed E-state index contributed by atoms with van der Waals surface area (Å²) in [5.41, 5.74) is -0.935. The highest BCUT2D eigenvalue weighted by atomic mass is 16.6. The van der Waals surface area contributed by atoms with Crippen molar-refractivity contribution in [2.24, 2.45) is 5.41 Å².